The van der Waals surface area contributed by atoms with Crippen LogP contribution in [0.15, 0.2) is 91.3 Å². The highest BCUT2D eigenvalue weighted by Crippen LogP contribution is 2.46. The van der Waals surface area contributed by atoms with Crippen LogP contribution in [0.4, 0.5) is 0 Å². The number of nitrogens with one attached hydrogen (secondary N) is 4. The van der Waals surface area contributed by atoms with Gasteiger partial charge in [0, 0.05) is 76.9 Å². The van der Waals surface area contributed by atoms with Gasteiger partial charge in [-0.2, -0.15) is 0 Å². The highest BCUT2D eigenvalue weighted by atomic mass is 35.5. The lowest BCUT2D eigenvalue weighted by atomic mass is 9.77. The minimum Gasteiger partial charge on any atom is -0.496 e. The number of para-hydroxylation sites is 2. The molecule has 0 radical (unpaired) electrons. The van der Waals surface area contributed by atoms with Gasteiger partial charge in [0.25, 0.3) is 0 Å². The van der Waals surface area contributed by atoms with Gasteiger partial charge in [-0.25, -0.2) is 0 Å². The second kappa shape index (κ2) is 12.0. The number of methoxy groups -OCH3 is 1. The molecule has 5 aromatic rings. The second-order valence-corrected chi connectivity index (χ2v) is 11.2. The van der Waals surface area contributed by atoms with Gasteiger partial charge in [-0.05, 0) is 42.3 Å². The van der Waals surface area contributed by atoms with Crippen LogP contribution in [0.5, 0.6) is 5.75 Å². The summed E-state index contributed by atoms with van der Waals surface area (Å²) in [5, 5.41) is 8.81. The maximum absolute atomic E-state index is 14.8. The number of rotatable bonds is 9. The molecule has 2 amide bonds. The molecule has 3 heterocycles. The maximum atomic E-state index is 14.8. The Kier molecular flexibility index (Phi) is 7.97. The molecule has 1 aliphatic heterocycles. The van der Waals surface area contributed by atoms with E-state index in [0.717, 1.165) is 44.9 Å². The molecule has 9 heteroatoms. The molecule has 8 nitrogen and oxygen atoms in total. The molecule has 3 aromatic carbocycles. The minimum absolute atomic E-state index is 0.242. The van der Waals surface area contributed by atoms with E-state index in [1.807, 2.05) is 79.1 Å². The summed E-state index contributed by atoms with van der Waals surface area (Å²) in [5.74, 6) is -0.700. The fourth-order valence-electron chi connectivity index (χ4n) is 6.39. The summed E-state index contributed by atoms with van der Waals surface area (Å²) in [4.78, 5) is 37.0. The molecule has 1 aliphatic rings. The fourth-order valence-corrected chi connectivity index (χ4v) is 6.56. The lowest BCUT2D eigenvalue weighted by Crippen LogP contribution is -2.64. The standard InChI is InChI=1S/C34H34ClN5O3/c1-22(41)39-34(40-16-8-3-9-17-40,28-21-37-29-12-6-5-11-25(28)29)32(27-20-36-30-15-14-24(35)18-26(27)30)33(42)38-19-23-10-4-7-13-31(23)43-2/h3-8,10-15,18,20-21,32,36-37H,9,16-17,19H2,1-2H3,(H,38,42)(H,39,41). The molecule has 0 spiro atoms. The van der Waals surface area contributed by atoms with Crippen LogP contribution in [0, 0.1) is 0 Å². The second-order valence-electron chi connectivity index (χ2n) is 10.8. The minimum atomic E-state index is -1.27. The summed E-state index contributed by atoms with van der Waals surface area (Å²) < 4.78 is 5.56. The molecule has 0 fully saturated rings. The Morgan fingerprint density at radius 3 is 2.56 bits per heavy atom. The number of carbonyl (C=O) groups excluding carboxylic acids is 2. The molecule has 0 saturated carbocycles. The van der Waals surface area contributed by atoms with Gasteiger partial charge >= 0.3 is 0 Å². The van der Waals surface area contributed by atoms with Gasteiger partial charge in [-0.3, -0.25) is 14.5 Å². The number of carbonyl (C=O) groups is 2. The zero-order valence-corrected chi connectivity index (χ0v) is 24.9. The van der Waals surface area contributed by atoms with Gasteiger partial charge in [0.05, 0.1) is 7.11 Å². The third kappa shape index (κ3) is 5.28. The molecule has 2 atom stereocenters. The predicted molar refractivity (Wildman–Crippen MR) is 170 cm³/mol. The Balaban J connectivity index is 1.60. The van der Waals surface area contributed by atoms with Crippen LogP contribution >= 0.6 is 11.6 Å². The van der Waals surface area contributed by atoms with Crippen LogP contribution in [0.25, 0.3) is 21.8 Å². The van der Waals surface area contributed by atoms with Crippen molar-refractivity contribution in [2.24, 2.45) is 0 Å². The van der Waals surface area contributed by atoms with Crippen LogP contribution < -0.4 is 15.4 Å². The third-order valence-corrected chi connectivity index (χ3v) is 8.47. The molecule has 43 heavy (non-hydrogen) atoms. The van der Waals surface area contributed by atoms with Crippen molar-refractivity contribution in [3.05, 3.63) is 113 Å². The molecule has 6 rings (SSSR count). The lowest BCUT2D eigenvalue weighted by Gasteiger charge is -2.49. The Morgan fingerprint density at radius 1 is 1.00 bits per heavy atom. The van der Waals surface area contributed by atoms with Gasteiger partial charge in [0.15, 0.2) is 0 Å². The van der Waals surface area contributed by atoms with E-state index in [2.05, 4.69) is 37.7 Å². The van der Waals surface area contributed by atoms with E-state index in [0.29, 0.717) is 23.9 Å². The average molecular weight is 596 g/mol. The van der Waals surface area contributed by atoms with Crippen molar-refractivity contribution in [1.29, 1.82) is 0 Å². The molecule has 0 bridgehead atoms. The number of ether oxygens (including phenoxy) is 1. The number of aromatic nitrogens is 2. The van der Waals surface area contributed by atoms with E-state index in [1.165, 1.54) is 6.92 Å². The van der Waals surface area contributed by atoms with Gasteiger partial charge in [0.1, 0.15) is 17.3 Å². The smallest absolute Gasteiger partial charge is 0.232 e. The number of amides is 2. The number of H-pyrrole nitrogens is 2. The van der Waals surface area contributed by atoms with Crippen LogP contribution in [0.3, 0.4) is 0 Å². The first-order chi connectivity index (χ1) is 20.9. The van der Waals surface area contributed by atoms with Crippen molar-refractivity contribution in [3.63, 3.8) is 0 Å². The van der Waals surface area contributed by atoms with Crippen molar-refractivity contribution in [2.75, 3.05) is 20.2 Å². The molecule has 4 N–H and O–H groups in total. The Labute approximate surface area is 255 Å². The monoisotopic (exact) mass is 595 g/mol. The number of halogens is 1. The SMILES string of the molecule is COc1ccccc1CNC(=O)C(c1c[nH]c2ccc(Cl)cc12)C(NC(C)=O)(c1c[nH]c2ccccc12)N1CC=CCC1. The molecular formula is C34H34ClN5O3. The van der Waals surface area contributed by atoms with Crippen molar-refractivity contribution in [3.8, 4) is 5.75 Å². The van der Waals surface area contributed by atoms with Gasteiger partial charge in [-0.1, -0.05) is 60.2 Å². The number of aromatic amines is 2. The molecular weight excluding hydrogens is 562 g/mol. The summed E-state index contributed by atoms with van der Waals surface area (Å²) in [7, 11) is 1.61. The Hall–Kier alpha value is -4.53. The summed E-state index contributed by atoms with van der Waals surface area (Å²) in [6.45, 7) is 2.92. The fraction of sp³-hybridized carbons (Fsp3) is 0.235. The van der Waals surface area contributed by atoms with Crippen molar-refractivity contribution in [1.82, 2.24) is 25.5 Å². The average Bonchev–Trinajstić information content (AvgIpc) is 3.64. The van der Waals surface area contributed by atoms with Gasteiger partial charge in [-0.15, -0.1) is 0 Å². The number of nitrogens with zero attached hydrogens (tertiary/aromatic N) is 1. The summed E-state index contributed by atoms with van der Waals surface area (Å²) >= 11 is 6.51. The van der Waals surface area contributed by atoms with Crippen LogP contribution in [0.1, 0.15) is 36.0 Å². The van der Waals surface area contributed by atoms with Crippen molar-refractivity contribution in [2.45, 2.75) is 31.5 Å². The van der Waals surface area contributed by atoms with E-state index in [4.69, 9.17) is 16.3 Å². The van der Waals surface area contributed by atoms with Gasteiger partial charge in [0.2, 0.25) is 11.8 Å². The van der Waals surface area contributed by atoms with Crippen LogP contribution in [0.2, 0.25) is 5.02 Å². The first-order valence-electron chi connectivity index (χ1n) is 14.3. The quantitative estimate of drug-likeness (QED) is 0.158. The van der Waals surface area contributed by atoms with E-state index in [-0.39, 0.29) is 18.4 Å². The van der Waals surface area contributed by atoms with E-state index in [9.17, 15) is 9.59 Å². The maximum Gasteiger partial charge on any atom is 0.232 e. The van der Waals surface area contributed by atoms with Crippen LogP contribution in [-0.4, -0.2) is 46.9 Å². The van der Waals surface area contributed by atoms with Crippen molar-refractivity contribution >= 4 is 45.2 Å². The zero-order valence-electron chi connectivity index (χ0n) is 24.1. The zero-order chi connectivity index (χ0) is 30.0. The number of fused-ring (bicyclic) bond motifs is 2. The first-order valence-corrected chi connectivity index (χ1v) is 14.7. The molecule has 2 aromatic heterocycles. The summed E-state index contributed by atoms with van der Waals surface area (Å²) in [5.41, 5.74) is 2.87. The summed E-state index contributed by atoms with van der Waals surface area (Å²) in [6, 6.07) is 21.1. The topological polar surface area (TPSA) is 102 Å². The highest BCUT2D eigenvalue weighted by Gasteiger charge is 2.52. The Morgan fingerprint density at radius 2 is 1.77 bits per heavy atom. The largest absolute Gasteiger partial charge is 0.496 e. The normalized spacial score (nSPS) is 15.7. The third-order valence-electron chi connectivity index (χ3n) is 8.24. The highest BCUT2D eigenvalue weighted by molar-refractivity contribution is 6.31. The first kappa shape index (κ1) is 28.6. The lowest BCUT2D eigenvalue weighted by molar-refractivity contribution is -0.132. The number of benzene rings is 3. The van der Waals surface area contributed by atoms with Crippen molar-refractivity contribution < 1.29 is 14.3 Å². The van der Waals surface area contributed by atoms with Gasteiger partial charge < -0.3 is 25.3 Å². The Bertz CT molecular complexity index is 1830. The van der Waals surface area contributed by atoms with E-state index < -0.39 is 11.6 Å². The summed E-state index contributed by atoms with van der Waals surface area (Å²) in [6.07, 6.45) is 8.77. The molecule has 0 saturated heterocycles. The van der Waals surface area contributed by atoms with E-state index in [1.54, 1.807) is 7.11 Å². The molecule has 220 valence electrons. The molecule has 2 unspecified atom stereocenters. The predicted octanol–water partition coefficient (Wildman–Crippen LogP) is 5.96. The number of hydrogen-bond donors (Lipinski definition) is 4. The number of hydrogen-bond acceptors (Lipinski definition) is 4. The molecule has 0 aliphatic carbocycles. The van der Waals surface area contributed by atoms with E-state index >= 15 is 0 Å². The van der Waals surface area contributed by atoms with Crippen LogP contribution in [-0.2, 0) is 21.8 Å².